The van der Waals surface area contributed by atoms with Crippen LogP contribution in [0.3, 0.4) is 0 Å². The van der Waals surface area contributed by atoms with Gasteiger partial charge in [0.1, 0.15) is 0 Å². The Morgan fingerprint density at radius 1 is 1.04 bits per heavy atom. The number of rotatable bonds is 3. The van der Waals surface area contributed by atoms with Gasteiger partial charge in [-0.15, -0.1) is 0 Å². The maximum Gasteiger partial charge on any atom is 0.258 e. The van der Waals surface area contributed by atoms with Crippen molar-refractivity contribution in [1.82, 2.24) is 0 Å². The van der Waals surface area contributed by atoms with Crippen LogP contribution >= 0.6 is 0 Å². The van der Waals surface area contributed by atoms with Crippen molar-refractivity contribution in [3.05, 3.63) is 59.7 Å². The maximum atomic E-state index is 13.0. The number of hydrogen-bond acceptors (Lipinski definition) is 3. The number of nitrogens with one attached hydrogen (secondary N) is 1. The summed E-state index contributed by atoms with van der Waals surface area (Å²) in [7, 11) is 0. The second-order valence-electron chi connectivity index (χ2n) is 7.23. The second-order valence-corrected chi connectivity index (χ2v) is 7.23. The van der Waals surface area contributed by atoms with Gasteiger partial charge in [-0.05, 0) is 49.1 Å². The lowest BCUT2D eigenvalue weighted by atomic mass is 9.98. The highest BCUT2D eigenvalue weighted by Crippen LogP contribution is 2.30. The Bertz CT molecular complexity index is 856. The number of carbonyl (C=O) groups is 2. The van der Waals surface area contributed by atoms with Gasteiger partial charge in [0.05, 0.1) is 5.54 Å². The molecule has 0 radical (unpaired) electrons. The average Bonchev–Trinajstić information content (AvgIpc) is 3.28. The third-order valence-electron chi connectivity index (χ3n) is 5.45. The Hall–Kier alpha value is -2.66. The van der Waals surface area contributed by atoms with Crippen LogP contribution in [0.25, 0.3) is 0 Å². The molecule has 4 rings (SSSR count). The quantitative estimate of drug-likeness (QED) is 0.894. The first-order valence-corrected chi connectivity index (χ1v) is 9.17. The average molecular weight is 349 g/mol. The fraction of sp³-hybridized carbons (Fsp3) is 0.333. The summed E-state index contributed by atoms with van der Waals surface area (Å²) >= 11 is 0. The number of benzene rings is 2. The van der Waals surface area contributed by atoms with Crippen LogP contribution in [0.4, 0.5) is 11.4 Å². The van der Waals surface area contributed by atoms with Crippen LogP contribution in [-0.2, 0) is 11.2 Å². The highest BCUT2D eigenvalue weighted by Gasteiger charge is 2.37. The van der Waals surface area contributed by atoms with Crippen LogP contribution in [0.15, 0.2) is 48.5 Å². The van der Waals surface area contributed by atoms with E-state index in [1.54, 1.807) is 29.2 Å². The lowest BCUT2D eigenvalue weighted by Crippen LogP contribution is -2.48. The molecule has 134 valence electrons. The van der Waals surface area contributed by atoms with Gasteiger partial charge in [0.2, 0.25) is 5.91 Å². The highest BCUT2D eigenvalue weighted by molar-refractivity contribution is 6.08. The van der Waals surface area contributed by atoms with E-state index >= 15 is 0 Å². The van der Waals surface area contributed by atoms with Crippen LogP contribution in [0.2, 0.25) is 0 Å². The molecule has 2 amide bonds. The molecular formula is C21H23N3O2. The minimum absolute atomic E-state index is 0.0469. The van der Waals surface area contributed by atoms with E-state index in [0.717, 1.165) is 24.9 Å². The number of anilines is 2. The summed E-state index contributed by atoms with van der Waals surface area (Å²) < 4.78 is 0. The fourth-order valence-electron chi connectivity index (χ4n) is 3.92. The van der Waals surface area contributed by atoms with Crippen molar-refractivity contribution in [3.63, 3.8) is 0 Å². The molecule has 0 saturated heterocycles. The third-order valence-corrected chi connectivity index (χ3v) is 5.45. The Labute approximate surface area is 153 Å². The molecule has 5 nitrogen and oxygen atoms in total. The molecule has 2 aliphatic rings. The molecule has 0 aromatic heterocycles. The first kappa shape index (κ1) is 16.8. The fourth-order valence-corrected chi connectivity index (χ4v) is 3.92. The summed E-state index contributed by atoms with van der Waals surface area (Å²) in [5.74, 6) is -0.208. The molecule has 0 unspecified atom stereocenters. The van der Waals surface area contributed by atoms with Crippen LogP contribution in [0.1, 0.15) is 41.6 Å². The van der Waals surface area contributed by atoms with E-state index in [1.165, 1.54) is 5.56 Å². The standard InChI is InChI=1S/C21H23N3O2/c22-21(11-3-4-12-21)20(26)23-17-8-5-7-16(14-17)19(25)24-13-10-15-6-1-2-9-18(15)24/h1-2,5-9,14H,3-4,10-13,22H2,(H,23,26). The summed E-state index contributed by atoms with van der Waals surface area (Å²) in [5.41, 5.74) is 8.77. The van der Waals surface area contributed by atoms with Gasteiger partial charge >= 0.3 is 0 Å². The van der Waals surface area contributed by atoms with Crippen LogP contribution in [0, 0.1) is 0 Å². The SMILES string of the molecule is NC1(C(=O)Nc2cccc(C(=O)N3CCc4ccccc43)c2)CCCC1. The number of hydrogen-bond donors (Lipinski definition) is 2. The van der Waals surface area contributed by atoms with E-state index < -0.39 is 5.54 Å². The molecule has 3 N–H and O–H groups in total. The molecule has 2 aromatic carbocycles. The van der Waals surface area contributed by atoms with Crippen molar-refractivity contribution in [3.8, 4) is 0 Å². The molecule has 0 spiro atoms. The monoisotopic (exact) mass is 349 g/mol. The molecule has 1 fully saturated rings. The lowest BCUT2D eigenvalue weighted by Gasteiger charge is -2.22. The molecule has 1 heterocycles. The Balaban J connectivity index is 1.53. The van der Waals surface area contributed by atoms with Crippen molar-refractivity contribution < 1.29 is 9.59 Å². The van der Waals surface area contributed by atoms with Crippen molar-refractivity contribution in [1.29, 1.82) is 0 Å². The van der Waals surface area contributed by atoms with Gasteiger partial charge in [-0.3, -0.25) is 9.59 Å². The third kappa shape index (κ3) is 2.99. The van der Waals surface area contributed by atoms with E-state index in [-0.39, 0.29) is 11.8 Å². The minimum Gasteiger partial charge on any atom is -0.324 e. The van der Waals surface area contributed by atoms with E-state index in [1.807, 2.05) is 18.2 Å². The Morgan fingerprint density at radius 2 is 1.81 bits per heavy atom. The molecule has 0 bridgehead atoms. The molecular weight excluding hydrogens is 326 g/mol. The van der Waals surface area contributed by atoms with E-state index in [2.05, 4.69) is 11.4 Å². The number of carbonyl (C=O) groups excluding carboxylic acids is 2. The van der Waals surface area contributed by atoms with Gasteiger partial charge in [0.15, 0.2) is 0 Å². The first-order chi connectivity index (χ1) is 12.6. The van der Waals surface area contributed by atoms with Gasteiger partial charge in [0, 0.05) is 23.5 Å². The molecule has 5 heteroatoms. The van der Waals surface area contributed by atoms with E-state index in [9.17, 15) is 9.59 Å². The Morgan fingerprint density at radius 3 is 2.62 bits per heavy atom. The maximum absolute atomic E-state index is 13.0. The van der Waals surface area contributed by atoms with Gasteiger partial charge in [-0.1, -0.05) is 37.1 Å². The van der Waals surface area contributed by atoms with Crippen LogP contribution in [-0.4, -0.2) is 23.9 Å². The van der Waals surface area contributed by atoms with E-state index in [4.69, 9.17) is 5.73 Å². The van der Waals surface area contributed by atoms with Gasteiger partial charge in [-0.25, -0.2) is 0 Å². The predicted molar refractivity (Wildman–Crippen MR) is 102 cm³/mol. The Kier molecular flexibility index (Phi) is 4.24. The summed E-state index contributed by atoms with van der Waals surface area (Å²) in [6.07, 6.45) is 4.26. The summed E-state index contributed by atoms with van der Waals surface area (Å²) in [6.45, 7) is 0.681. The number of nitrogens with zero attached hydrogens (tertiary/aromatic N) is 1. The molecule has 26 heavy (non-hydrogen) atoms. The van der Waals surface area contributed by atoms with Crippen LogP contribution in [0.5, 0.6) is 0 Å². The van der Waals surface area contributed by atoms with Crippen LogP contribution < -0.4 is 16.0 Å². The largest absolute Gasteiger partial charge is 0.324 e. The number of fused-ring (bicyclic) bond motifs is 1. The smallest absolute Gasteiger partial charge is 0.258 e. The predicted octanol–water partition coefficient (Wildman–Crippen LogP) is 3.10. The van der Waals surface area contributed by atoms with Gasteiger partial charge in [-0.2, -0.15) is 0 Å². The summed E-state index contributed by atoms with van der Waals surface area (Å²) in [5, 5.41) is 2.89. The van der Waals surface area contributed by atoms with Gasteiger partial charge in [0.25, 0.3) is 5.91 Å². The summed E-state index contributed by atoms with van der Waals surface area (Å²) in [4.78, 5) is 27.3. The van der Waals surface area contributed by atoms with Crippen molar-refractivity contribution in [2.75, 3.05) is 16.8 Å². The van der Waals surface area contributed by atoms with E-state index in [0.29, 0.717) is 30.6 Å². The molecule has 1 aliphatic heterocycles. The lowest BCUT2D eigenvalue weighted by molar-refractivity contribution is -0.121. The normalized spacial score (nSPS) is 17.8. The minimum atomic E-state index is -0.784. The molecule has 1 aliphatic carbocycles. The summed E-state index contributed by atoms with van der Waals surface area (Å²) in [6, 6.07) is 15.1. The zero-order valence-corrected chi connectivity index (χ0v) is 14.7. The number of amides is 2. The van der Waals surface area contributed by atoms with Crippen molar-refractivity contribution >= 4 is 23.2 Å². The molecule has 2 aromatic rings. The molecule has 1 saturated carbocycles. The first-order valence-electron chi connectivity index (χ1n) is 9.17. The molecule has 0 atom stereocenters. The zero-order valence-electron chi connectivity index (χ0n) is 14.7. The second kappa shape index (κ2) is 6.57. The topological polar surface area (TPSA) is 75.4 Å². The van der Waals surface area contributed by atoms with Crippen molar-refractivity contribution in [2.24, 2.45) is 5.73 Å². The van der Waals surface area contributed by atoms with Gasteiger partial charge < -0.3 is 16.0 Å². The van der Waals surface area contributed by atoms with Crippen molar-refractivity contribution in [2.45, 2.75) is 37.6 Å². The number of para-hydroxylation sites is 1. The number of nitrogens with two attached hydrogens (primary N) is 1. The highest BCUT2D eigenvalue weighted by atomic mass is 16.2. The zero-order chi connectivity index (χ0) is 18.1.